The van der Waals surface area contributed by atoms with Crippen LogP contribution in [0.5, 0.6) is 0 Å². The molecule has 0 saturated heterocycles. The monoisotopic (exact) mass is 518 g/mol. The van der Waals surface area contributed by atoms with Gasteiger partial charge in [-0.3, -0.25) is 9.59 Å². The minimum atomic E-state index is -0.427. The quantitative estimate of drug-likeness (QED) is 0.264. The summed E-state index contributed by atoms with van der Waals surface area (Å²) in [5.74, 6) is 1.19. The van der Waals surface area contributed by atoms with Crippen molar-refractivity contribution in [3.05, 3.63) is 136 Å². The average molecular weight is 519 g/mol. The maximum atomic E-state index is 13.5. The van der Waals surface area contributed by atoms with Crippen LogP contribution in [-0.2, 0) is 17.8 Å². The molecule has 38 heavy (non-hydrogen) atoms. The third-order valence-electron chi connectivity index (χ3n) is 6.83. The van der Waals surface area contributed by atoms with Crippen LogP contribution in [0.1, 0.15) is 38.0 Å². The molecule has 0 atom stereocenters. The zero-order valence-electron chi connectivity index (χ0n) is 20.7. The summed E-state index contributed by atoms with van der Waals surface area (Å²) in [5.41, 5.74) is 4.48. The highest BCUT2D eigenvalue weighted by molar-refractivity contribution is 7.12. The van der Waals surface area contributed by atoms with E-state index in [9.17, 15) is 9.59 Å². The highest BCUT2D eigenvalue weighted by atomic mass is 32.1. The summed E-state index contributed by atoms with van der Waals surface area (Å²) < 4.78 is 6.21. The molecule has 6 heteroatoms. The van der Waals surface area contributed by atoms with Gasteiger partial charge < -0.3 is 14.6 Å². The predicted octanol–water partition coefficient (Wildman–Crippen LogP) is 6.98. The van der Waals surface area contributed by atoms with Gasteiger partial charge in [0.2, 0.25) is 5.91 Å². The van der Waals surface area contributed by atoms with Crippen molar-refractivity contribution in [3.63, 3.8) is 0 Å². The van der Waals surface area contributed by atoms with Crippen molar-refractivity contribution < 1.29 is 14.0 Å². The number of hydrogen-bond donors (Lipinski definition) is 1. The lowest BCUT2D eigenvalue weighted by atomic mass is 9.90. The third kappa shape index (κ3) is 4.91. The summed E-state index contributed by atoms with van der Waals surface area (Å²) in [5, 5.41) is 5.04. The maximum absolute atomic E-state index is 13.5. The van der Waals surface area contributed by atoms with Crippen LogP contribution in [0.25, 0.3) is 11.3 Å². The van der Waals surface area contributed by atoms with E-state index in [4.69, 9.17) is 4.42 Å². The summed E-state index contributed by atoms with van der Waals surface area (Å²) in [6, 6.07) is 33.1. The van der Waals surface area contributed by atoms with Crippen molar-refractivity contribution in [3.8, 4) is 11.3 Å². The van der Waals surface area contributed by atoms with E-state index in [0.717, 1.165) is 38.7 Å². The molecule has 3 aromatic carbocycles. The summed E-state index contributed by atoms with van der Waals surface area (Å²) in [6.45, 7) is 1.16. The Morgan fingerprint density at radius 3 is 2.26 bits per heavy atom. The molecule has 6 rings (SSSR count). The molecule has 0 bridgehead atoms. The first-order valence-corrected chi connectivity index (χ1v) is 13.5. The molecule has 0 unspecified atom stereocenters. The molecule has 0 radical (unpaired) electrons. The largest absolute Gasteiger partial charge is 0.461 e. The smallest absolute Gasteiger partial charge is 0.264 e. The van der Waals surface area contributed by atoms with Crippen LogP contribution in [0.4, 0.5) is 5.69 Å². The van der Waals surface area contributed by atoms with E-state index in [2.05, 4.69) is 5.32 Å². The number of hydrogen-bond acceptors (Lipinski definition) is 4. The Morgan fingerprint density at radius 1 is 0.842 bits per heavy atom. The summed E-state index contributed by atoms with van der Waals surface area (Å²) in [6.07, 6.45) is 0.679. The van der Waals surface area contributed by atoms with Crippen LogP contribution in [-0.4, -0.2) is 23.3 Å². The number of anilines is 1. The topological polar surface area (TPSA) is 62.6 Å². The van der Waals surface area contributed by atoms with Crippen molar-refractivity contribution in [1.29, 1.82) is 0 Å². The van der Waals surface area contributed by atoms with Crippen LogP contribution < -0.4 is 5.32 Å². The minimum absolute atomic E-state index is 0.0597. The molecule has 0 aliphatic carbocycles. The van der Waals surface area contributed by atoms with Crippen LogP contribution in [0.2, 0.25) is 0 Å². The van der Waals surface area contributed by atoms with Gasteiger partial charge in [-0.15, -0.1) is 11.3 Å². The minimum Gasteiger partial charge on any atom is -0.461 e. The second-order valence-electron chi connectivity index (χ2n) is 9.34. The number of fused-ring (bicyclic) bond motifs is 1. The van der Waals surface area contributed by atoms with Crippen LogP contribution >= 0.6 is 11.3 Å². The number of carbonyl (C=O) groups excluding carboxylic acids is 2. The zero-order valence-corrected chi connectivity index (χ0v) is 21.5. The molecular formula is C32H26N2O3S. The fourth-order valence-electron chi connectivity index (χ4n) is 4.96. The van der Waals surface area contributed by atoms with Gasteiger partial charge in [0.1, 0.15) is 11.5 Å². The second-order valence-corrected chi connectivity index (χ2v) is 10.3. The van der Waals surface area contributed by atoms with Crippen molar-refractivity contribution in [2.45, 2.75) is 18.9 Å². The molecule has 0 saturated carbocycles. The van der Waals surface area contributed by atoms with E-state index in [1.165, 1.54) is 11.3 Å². The van der Waals surface area contributed by atoms with Crippen molar-refractivity contribution in [2.24, 2.45) is 0 Å². The van der Waals surface area contributed by atoms with Gasteiger partial charge in [-0.2, -0.15) is 0 Å². The molecule has 0 fully saturated rings. The Bertz CT molecular complexity index is 1520. The molecule has 2 amide bonds. The Balaban J connectivity index is 1.22. The molecule has 0 spiro atoms. The lowest BCUT2D eigenvalue weighted by Crippen LogP contribution is -2.35. The Labute approximate surface area is 225 Å². The third-order valence-corrected chi connectivity index (χ3v) is 7.69. The van der Waals surface area contributed by atoms with Crippen molar-refractivity contribution in [2.75, 3.05) is 11.9 Å². The van der Waals surface area contributed by atoms with Crippen molar-refractivity contribution >= 4 is 28.8 Å². The van der Waals surface area contributed by atoms with Crippen LogP contribution in [0.3, 0.4) is 0 Å². The average Bonchev–Trinajstić information content (AvgIpc) is 3.64. The molecule has 1 aliphatic rings. The summed E-state index contributed by atoms with van der Waals surface area (Å²) >= 11 is 1.46. The fourth-order valence-corrected chi connectivity index (χ4v) is 5.65. The van der Waals surface area contributed by atoms with Gasteiger partial charge in [-0.05, 0) is 40.8 Å². The number of nitrogens with one attached hydrogen (secondary N) is 1. The number of amides is 2. The van der Waals surface area contributed by atoms with E-state index in [1.54, 1.807) is 0 Å². The molecule has 5 aromatic rings. The number of rotatable bonds is 6. The number of benzene rings is 3. The van der Waals surface area contributed by atoms with Crippen LogP contribution in [0.15, 0.2) is 113 Å². The van der Waals surface area contributed by atoms with E-state index in [0.29, 0.717) is 25.2 Å². The van der Waals surface area contributed by atoms with E-state index in [1.807, 2.05) is 113 Å². The molecule has 1 N–H and O–H groups in total. The second kappa shape index (κ2) is 10.5. The van der Waals surface area contributed by atoms with Gasteiger partial charge in [-0.1, -0.05) is 78.9 Å². The molecular weight excluding hydrogens is 492 g/mol. The number of nitrogens with zero attached hydrogens (tertiary/aromatic N) is 1. The van der Waals surface area contributed by atoms with Gasteiger partial charge in [0.25, 0.3) is 5.91 Å². The number of furan rings is 1. The van der Waals surface area contributed by atoms with E-state index < -0.39 is 5.92 Å². The Hall–Kier alpha value is -4.42. The van der Waals surface area contributed by atoms with Gasteiger partial charge in [-0.25, -0.2) is 0 Å². The SMILES string of the molecule is O=C(Nc1cccc(-c2cc3c(o2)CCN(C(=O)c2cccs2)C3)c1)C(c1ccccc1)c1ccccc1. The van der Waals surface area contributed by atoms with E-state index >= 15 is 0 Å². The first-order chi connectivity index (χ1) is 18.7. The van der Waals surface area contributed by atoms with Gasteiger partial charge in [0.15, 0.2) is 0 Å². The first kappa shape index (κ1) is 23.9. The Kier molecular flexibility index (Phi) is 6.63. The predicted molar refractivity (Wildman–Crippen MR) is 150 cm³/mol. The van der Waals surface area contributed by atoms with Gasteiger partial charge in [0, 0.05) is 36.3 Å². The summed E-state index contributed by atoms with van der Waals surface area (Å²) in [4.78, 5) is 29.0. The van der Waals surface area contributed by atoms with Gasteiger partial charge in [0.05, 0.1) is 10.8 Å². The standard InChI is InChI=1S/C32H26N2O3S/c35-31(30(22-9-3-1-4-10-22)23-11-5-2-6-12-23)33-26-14-7-13-24(19-26)28-20-25-21-34(17-16-27(25)37-28)32(36)29-15-8-18-38-29/h1-15,18-20,30H,16-17,21H2,(H,33,35). The normalized spacial score (nSPS) is 12.8. The highest BCUT2D eigenvalue weighted by Gasteiger charge is 2.26. The first-order valence-electron chi connectivity index (χ1n) is 12.6. The Morgan fingerprint density at radius 2 is 1.58 bits per heavy atom. The fraction of sp³-hybridized carbons (Fsp3) is 0.125. The van der Waals surface area contributed by atoms with Crippen LogP contribution in [0, 0.1) is 0 Å². The van der Waals surface area contributed by atoms with E-state index in [-0.39, 0.29) is 11.8 Å². The maximum Gasteiger partial charge on any atom is 0.264 e. The van der Waals surface area contributed by atoms with Crippen molar-refractivity contribution in [1.82, 2.24) is 4.90 Å². The van der Waals surface area contributed by atoms with Gasteiger partial charge >= 0.3 is 0 Å². The molecule has 188 valence electrons. The molecule has 1 aliphatic heterocycles. The lowest BCUT2D eigenvalue weighted by Gasteiger charge is -2.25. The molecule has 5 nitrogen and oxygen atoms in total. The summed E-state index contributed by atoms with van der Waals surface area (Å²) in [7, 11) is 0. The lowest BCUT2D eigenvalue weighted by molar-refractivity contribution is -0.116. The molecule has 2 aromatic heterocycles. The number of carbonyl (C=O) groups is 2. The molecule has 3 heterocycles. The number of thiophene rings is 1. The zero-order chi connectivity index (χ0) is 25.9. The highest BCUT2D eigenvalue weighted by Crippen LogP contribution is 2.32.